The van der Waals surface area contributed by atoms with E-state index in [2.05, 4.69) is 6.92 Å². The van der Waals surface area contributed by atoms with Crippen LogP contribution >= 0.6 is 0 Å². The molecule has 0 aromatic heterocycles. The molecule has 1 fully saturated rings. The molecule has 0 amide bonds. The van der Waals surface area contributed by atoms with Crippen LogP contribution < -0.4 is 0 Å². The lowest BCUT2D eigenvalue weighted by Gasteiger charge is -2.04. The van der Waals surface area contributed by atoms with Gasteiger partial charge in [-0.2, -0.15) is 0 Å². The second kappa shape index (κ2) is 13.6. The highest BCUT2D eigenvalue weighted by molar-refractivity contribution is 4.85. The van der Waals surface area contributed by atoms with Crippen molar-refractivity contribution in [1.82, 2.24) is 0 Å². The first kappa shape index (κ1) is 19.0. The number of methoxy groups -OCH3 is 1. The Morgan fingerprint density at radius 3 is 1.95 bits per heavy atom. The predicted molar refractivity (Wildman–Crippen MR) is 90.5 cm³/mol. The number of ether oxygens (including phenoxy) is 2. The molecule has 0 radical (unpaired) electrons. The van der Waals surface area contributed by atoms with Gasteiger partial charge in [0, 0.05) is 13.7 Å². The molecule has 1 aliphatic carbocycles. The van der Waals surface area contributed by atoms with E-state index in [1.54, 1.807) is 13.5 Å². The summed E-state index contributed by atoms with van der Waals surface area (Å²) < 4.78 is 10.1. The van der Waals surface area contributed by atoms with Gasteiger partial charge in [-0.15, -0.1) is 0 Å². The third-order valence-electron chi connectivity index (χ3n) is 4.81. The summed E-state index contributed by atoms with van der Waals surface area (Å²) in [7, 11) is 1.68. The van der Waals surface area contributed by atoms with Crippen molar-refractivity contribution in [2.75, 3.05) is 20.5 Å². The number of unbranched alkanes of at least 4 members (excludes halogenated alkanes) is 8. The van der Waals surface area contributed by atoms with Crippen LogP contribution in [0.15, 0.2) is 0 Å². The van der Waals surface area contributed by atoms with E-state index in [0.29, 0.717) is 6.79 Å². The molecule has 0 heterocycles. The molecule has 2 heteroatoms. The van der Waals surface area contributed by atoms with E-state index in [9.17, 15) is 0 Å². The maximum absolute atomic E-state index is 5.28. The van der Waals surface area contributed by atoms with Crippen molar-refractivity contribution in [2.45, 2.75) is 90.4 Å². The molecule has 0 spiro atoms. The van der Waals surface area contributed by atoms with Crippen LogP contribution in [-0.2, 0) is 9.47 Å². The monoisotopic (exact) mass is 298 g/mol. The van der Waals surface area contributed by atoms with Gasteiger partial charge in [-0.25, -0.2) is 0 Å². The van der Waals surface area contributed by atoms with Gasteiger partial charge in [0.25, 0.3) is 0 Å². The summed E-state index contributed by atoms with van der Waals surface area (Å²) >= 11 is 0. The van der Waals surface area contributed by atoms with E-state index in [0.717, 1.165) is 18.4 Å². The molecular weight excluding hydrogens is 260 g/mol. The maximum atomic E-state index is 5.28. The first-order valence-corrected chi connectivity index (χ1v) is 9.45. The van der Waals surface area contributed by atoms with Crippen LogP contribution in [0.5, 0.6) is 0 Å². The van der Waals surface area contributed by atoms with Gasteiger partial charge in [0.05, 0.1) is 0 Å². The molecule has 0 N–H and O–H groups in total. The third-order valence-corrected chi connectivity index (χ3v) is 4.81. The van der Waals surface area contributed by atoms with Crippen LogP contribution in [0.4, 0.5) is 0 Å². The summed E-state index contributed by atoms with van der Waals surface area (Å²) in [5.41, 5.74) is 0. The van der Waals surface area contributed by atoms with Gasteiger partial charge in [-0.1, -0.05) is 77.6 Å². The standard InChI is InChI=1S/C19H38O2/c1-3-4-13-18-16-19(18)14-11-9-7-5-6-8-10-12-15-21-17-20-2/h18-19H,3-17H2,1-2H3. The molecule has 2 unspecified atom stereocenters. The zero-order valence-corrected chi connectivity index (χ0v) is 14.6. The second-order valence-corrected chi connectivity index (χ2v) is 6.83. The normalized spacial score (nSPS) is 20.9. The smallest absolute Gasteiger partial charge is 0.146 e. The van der Waals surface area contributed by atoms with Crippen molar-refractivity contribution >= 4 is 0 Å². The summed E-state index contributed by atoms with van der Waals surface area (Å²) in [6, 6.07) is 0. The van der Waals surface area contributed by atoms with Gasteiger partial charge in [-0.05, 0) is 24.7 Å². The van der Waals surface area contributed by atoms with Gasteiger partial charge < -0.3 is 9.47 Å². The molecule has 0 bridgehead atoms. The average Bonchev–Trinajstić information content (AvgIpc) is 3.24. The van der Waals surface area contributed by atoms with E-state index < -0.39 is 0 Å². The Labute approximate surface area is 133 Å². The van der Waals surface area contributed by atoms with Crippen molar-refractivity contribution in [3.8, 4) is 0 Å². The largest absolute Gasteiger partial charge is 0.359 e. The molecule has 21 heavy (non-hydrogen) atoms. The highest BCUT2D eigenvalue weighted by Gasteiger charge is 2.34. The Morgan fingerprint density at radius 2 is 1.33 bits per heavy atom. The van der Waals surface area contributed by atoms with Crippen molar-refractivity contribution in [3.05, 3.63) is 0 Å². The highest BCUT2D eigenvalue weighted by Crippen LogP contribution is 2.45. The van der Waals surface area contributed by atoms with Crippen LogP contribution in [0.2, 0.25) is 0 Å². The van der Waals surface area contributed by atoms with Crippen LogP contribution in [0.25, 0.3) is 0 Å². The van der Waals surface area contributed by atoms with E-state index in [1.807, 2.05) is 0 Å². The number of hydrogen-bond donors (Lipinski definition) is 0. The molecule has 0 aromatic carbocycles. The summed E-state index contributed by atoms with van der Waals surface area (Å²) in [6.07, 6.45) is 18.5. The van der Waals surface area contributed by atoms with Crippen molar-refractivity contribution in [2.24, 2.45) is 11.8 Å². The van der Waals surface area contributed by atoms with Crippen LogP contribution in [0, 0.1) is 11.8 Å². The third kappa shape index (κ3) is 11.2. The van der Waals surface area contributed by atoms with Gasteiger partial charge in [0.15, 0.2) is 0 Å². The molecule has 0 aliphatic heterocycles. The fourth-order valence-corrected chi connectivity index (χ4v) is 3.30. The van der Waals surface area contributed by atoms with E-state index >= 15 is 0 Å². The van der Waals surface area contributed by atoms with Crippen molar-refractivity contribution < 1.29 is 9.47 Å². The van der Waals surface area contributed by atoms with E-state index in [-0.39, 0.29) is 0 Å². The quantitative estimate of drug-likeness (QED) is 0.259. The van der Waals surface area contributed by atoms with E-state index in [4.69, 9.17) is 9.47 Å². The fourth-order valence-electron chi connectivity index (χ4n) is 3.30. The lowest BCUT2D eigenvalue weighted by molar-refractivity contribution is -0.0315. The number of hydrogen-bond acceptors (Lipinski definition) is 2. The van der Waals surface area contributed by atoms with Crippen molar-refractivity contribution in [3.63, 3.8) is 0 Å². The van der Waals surface area contributed by atoms with Crippen LogP contribution in [-0.4, -0.2) is 20.5 Å². The summed E-state index contributed by atoms with van der Waals surface area (Å²) in [5.74, 6) is 2.23. The Morgan fingerprint density at radius 1 is 0.762 bits per heavy atom. The van der Waals surface area contributed by atoms with Gasteiger partial charge in [0.1, 0.15) is 6.79 Å². The molecule has 0 saturated heterocycles. The number of rotatable bonds is 16. The molecule has 2 atom stereocenters. The van der Waals surface area contributed by atoms with Gasteiger partial charge >= 0.3 is 0 Å². The topological polar surface area (TPSA) is 18.5 Å². The van der Waals surface area contributed by atoms with Gasteiger partial charge in [0.2, 0.25) is 0 Å². The Bertz CT molecular complexity index is 218. The Balaban J connectivity index is 1.68. The minimum atomic E-state index is 0.445. The maximum Gasteiger partial charge on any atom is 0.146 e. The molecule has 1 rings (SSSR count). The van der Waals surface area contributed by atoms with Crippen LogP contribution in [0.1, 0.15) is 90.4 Å². The molecule has 2 nitrogen and oxygen atoms in total. The zero-order chi connectivity index (χ0) is 15.2. The predicted octanol–water partition coefficient (Wildman–Crippen LogP) is 5.94. The lowest BCUT2D eigenvalue weighted by atomic mass is 10.0. The SMILES string of the molecule is CCCCC1CC1CCCCCCCCCCOCOC. The Hall–Kier alpha value is -0.0800. The van der Waals surface area contributed by atoms with E-state index in [1.165, 1.54) is 77.0 Å². The second-order valence-electron chi connectivity index (χ2n) is 6.83. The summed E-state index contributed by atoms with van der Waals surface area (Å²) in [6.45, 7) is 3.61. The minimum Gasteiger partial charge on any atom is -0.359 e. The molecular formula is C19H38O2. The van der Waals surface area contributed by atoms with Gasteiger partial charge in [-0.3, -0.25) is 0 Å². The molecule has 126 valence electrons. The molecule has 1 aliphatic rings. The first-order valence-electron chi connectivity index (χ1n) is 9.45. The average molecular weight is 299 g/mol. The summed E-state index contributed by atoms with van der Waals surface area (Å²) in [5, 5.41) is 0. The fraction of sp³-hybridized carbons (Fsp3) is 1.00. The zero-order valence-electron chi connectivity index (χ0n) is 14.6. The Kier molecular flexibility index (Phi) is 12.3. The first-order chi connectivity index (χ1) is 10.4. The summed E-state index contributed by atoms with van der Waals surface area (Å²) in [4.78, 5) is 0. The molecule has 1 saturated carbocycles. The van der Waals surface area contributed by atoms with Crippen molar-refractivity contribution in [1.29, 1.82) is 0 Å². The van der Waals surface area contributed by atoms with Crippen LogP contribution in [0.3, 0.4) is 0 Å². The highest BCUT2D eigenvalue weighted by atomic mass is 16.7. The minimum absolute atomic E-state index is 0.445. The lowest BCUT2D eigenvalue weighted by Crippen LogP contribution is -1.98. The molecule has 0 aromatic rings.